The number of hydrogen-bond donors (Lipinski definition) is 2. The van der Waals surface area contributed by atoms with E-state index in [1.54, 1.807) is 32.5 Å². The first-order chi connectivity index (χ1) is 9.24. The van der Waals surface area contributed by atoms with Crippen LogP contribution in [0.3, 0.4) is 0 Å². The Balaban J connectivity index is 2.10. The zero-order chi connectivity index (χ0) is 13.7. The van der Waals surface area contributed by atoms with E-state index in [1.807, 2.05) is 18.2 Å². The summed E-state index contributed by atoms with van der Waals surface area (Å²) in [6.45, 7) is 0. The van der Waals surface area contributed by atoms with Gasteiger partial charge in [-0.3, -0.25) is 10.9 Å². The fourth-order valence-electron chi connectivity index (χ4n) is 1.52. The van der Waals surface area contributed by atoms with Crippen molar-refractivity contribution < 1.29 is 9.47 Å². The Bertz CT molecular complexity index is 563. The van der Waals surface area contributed by atoms with Crippen LogP contribution in [0.5, 0.6) is 11.5 Å². The van der Waals surface area contributed by atoms with Crippen LogP contribution in [0.15, 0.2) is 36.5 Å². The van der Waals surface area contributed by atoms with Crippen molar-refractivity contribution in [2.75, 3.05) is 25.1 Å². The summed E-state index contributed by atoms with van der Waals surface area (Å²) in [5, 5.41) is 0.537. The number of hydrogen-bond acceptors (Lipinski definition) is 5. The molecule has 0 saturated carbocycles. The Kier molecular flexibility index (Phi) is 4.30. The van der Waals surface area contributed by atoms with E-state index in [9.17, 15) is 0 Å². The second-order valence-electron chi connectivity index (χ2n) is 3.65. The van der Waals surface area contributed by atoms with E-state index in [-0.39, 0.29) is 0 Å². The first-order valence-corrected chi connectivity index (χ1v) is 5.97. The van der Waals surface area contributed by atoms with Crippen LogP contribution >= 0.6 is 11.6 Å². The van der Waals surface area contributed by atoms with Gasteiger partial charge in [0.25, 0.3) is 0 Å². The van der Waals surface area contributed by atoms with Gasteiger partial charge in [0.15, 0.2) is 17.3 Å². The van der Waals surface area contributed by atoms with Crippen LogP contribution in [-0.4, -0.2) is 19.2 Å². The minimum Gasteiger partial charge on any atom is -0.493 e. The number of nitrogens with zero attached hydrogens (tertiary/aromatic N) is 1. The lowest BCUT2D eigenvalue weighted by atomic mass is 10.3. The highest BCUT2D eigenvalue weighted by Crippen LogP contribution is 2.29. The van der Waals surface area contributed by atoms with E-state index in [4.69, 9.17) is 21.1 Å². The molecule has 0 unspecified atom stereocenters. The summed E-state index contributed by atoms with van der Waals surface area (Å²) >= 11 is 5.99. The van der Waals surface area contributed by atoms with Crippen molar-refractivity contribution in [1.82, 2.24) is 4.98 Å². The second kappa shape index (κ2) is 6.15. The molecule has 0 bridgehead atoms. The number of methoxy groups -OCH3 is 2. The van der Waals surface area contributed by atoms with E-state index < -0.39 is 0 Å². The molecule has 1 aromatic carbocycles. The maximum Gasteiger partial charge on any atom is 0.163 e. The van der Waals surface area contributed by atoms with Gasteiger partial charge in [-0.15, -0.1) is 0 Å². The molecule has 2 aromatic rings. The molecule has 1 aromatic heterocycles. The van der Waals surface area contributed by atoms with Gasteiger partial charge in [-0.2, -0.15) is 0 Å². The van der Waals surface area contributed by atoms with Crippen molar-refractivity contribution in [3.8, 4) is 11.5 Å². The second-order valence-corrected chi connectivity index (χ2v) is 4.06. The van der Waals surface area contributed by atoms with Crippen LogP contribution in [0, 0.1) is 0 Å². The molecule has 5 nitrogen and oxygen atoms in total. The fourth-order valence-corrected chi connectivity index (χ4v) is 1.69. The highest BCUT2D eigenvalue weighted by molar-refractivity contribution is 6.32. The molecule has 0 fully saturated rings. The van der Waals surface area contributed by atoms with Crippen molar-refractivity contribution in [3.05, 3.63) is 41.6 Å². The first kappa shape index (κ1) is 13.3. The van der Waals surface area contributed by atoms with Crippen molar-refractivity contribution in [2.24, 2.45) is 0 Å². The zero-order valence-electron chi connectivity index (χ0n) is 10.6. The number of aromatic nitrogens is 1. The van der Waals surface area contributed by atoms with Gasteiger partial charge in [-0.05, 0) is 24.3 Å². The lowest BCUT2D eigenvalue weighted by molar-refractivity contribution is 0.355. The topological polar surface area (TPSA) is 55.4 Å². The largest absolute Gasteiger partial charge is 0.493 e. The van der Waals surface area contributed by atoms with Gasteiger partial charge in [0.1, 0.15) is 0 Å². The summed E-state index contributed by atoms with van der Waals surface area (Å²) in [7, 11) is 3.18. The third kappa shape index (κ3) is 3.20. The smallest absolute Gasteiger partial charge is 0.163 e. The Labute approximate surface area is 116 Å². The number of anilines is 2. The van der Waals surface area contributed by atoms with E-state index in [0.717, 1.165) is 5.69 Å². The molecule has 0 aliphatic carbocycles. The number of rotatable bonds is 5. The maximum atomic E-state index is 5.99. The molecule has 19 heavy (non-hydrogen) atoms. The Morgan fingerprint density at radius 3 is 2.53 bits per heavy atom. The molecule has 2 rings (SSSR count). The van der Waals surface area contributed by atoms with E-state index in [0.29, 0.717) is 22.3 Å². The van der Waals surface area contributed by atoms with Crippen LogP contribution in [0.4, 0.5) is 11.5 Å². The van der Waals surface area contributed by atoms with Crippen molar-refractivity contribution >= 4 is 23.1 Å². The highest BCUT2D eigenvalue weighted by atomic mass is 35.5. The number of nitrogens with one attached hydrogen (secondary N) is 2. The van der Waals surface area contributed by atoms with Crippen molar-refractivity contribution in [3.63, 3.8) is 0 Å². The van der Waals surface area contributed by atoms with Gasteiger partial charge in [0.2, 0.25) is 0 Å². The van der Waals surface area contributed by atoms with Gasteiger partial charge in [-0.1, -0.05) is 11.6 Å². The fraction of sp³-hybridized carbons (Fsp3) is 0.154. The molecule has 0 radical (unpaired) electrons. The maximum absolute atomic E-state index is 5.99. The van der Waals surface area contributed by atoms with Gasteiger partial charge >= 0.3 is 0 Å². The Morgan fingerprint density at radius 2 is 1.84 bits per heavy atom. The minimum absolute atomic E-state index is 0.537. The summed E-state index contributed by atoms with van der Waals surface area (Å²) in [6, 6.07) is 8.99. The van der Waals surface area contributed by atoms with Gasteiger partial charge in [0.05, 0.1) is 24.9 Å². The number of pyridine rings is 1. The molecule has 0 saturated heterocycles. The molecule has 0 aliphatic rings. The average molecular weight is 280 g/mol. The molecule has 0 amide bonds. The Hall–Kier alpha value is -2.14. The monoisotopic (exact) mass is 279 g/mol. The molecule has 2 N–H and O–H groups in total. The number of halogens is 1. The predicted octanol–water partition coefficient (Wildman–Crippen LogP) is 3.19. The quantitative estimate of drug-likeness (QED) is 0.823. The summed E-state index contributed by atoms with van der Waals surface area (Å²) in [4.78, 5) is 4.11. The lowest BCUT2D eigenvalue weighted by Crippen LogP contribution is -2.10. The SMILES string of the molecule is COc1ccc(NNc2ncccc2Cl)cc1OC. The van der Waals surface area contributed by atoms with Gasteiger partial charge < -0.3 is 9.47 Å². The molecule has 0 spiro atoms. The summed E-state index contributed by atoms with van der Waals surface area (Å²) < 4.78 is 10.4. The third-order valence-electron chi connectivity index (χ3n) is 2.47. The van der Waals surface area contributed by atoms with Crippen molar-refractivity contribution in [1.29, 1.82) is 0 Å². The number of benzene rings is 1. The predicted molar refractivity (Wildman–Crippen MR) is 76.0 cm³/mol. The zero-order valence-corrected chi connectivity index (χ0v) is 11.4. The molecule has 0 aliphatic heterocycles. The molecule has 100 valence electrons. The average Bonchev–Trinajstić information content (AvgIpc) is 2.46. The normalized spacial score (nSPS) is 9.84. The first-order valence-electron chi connectivity index (χ1n) is 5.59. The van der Waals surface area contributed by atoms with Crippen LogP contribution in [0.2, 0.25) is 5.02 Å². The van der Waals surface area contributed by atoms with E-state index in [1.165, 1.54) is 0 Å². The molecule has 0 atom stereocenters. The van der Waals surface area contributed by atoms with Crippen LogP contribution in [0.1, 0.15) is 0 Å². The van der Waals surface area contributed by atoms with Crippen LogP contribution in [-0.2, 0) is 0 Å². The van der Waals surface area contributed by atoms with Crippen molar-refractivity contribution in [2.45, 2.75) is 0 Å². The molecule has 1 heterocycles. The third-order valence-corrected chi connectivity index (χ3v) is 2.77. The van der Waals surface area contributed by atoms with Gasteiger partial charge in [-0.25, -0.2) is 4.98 Å². The highest BCUT2D eigenvalue weighted by Gasteiger charge is 2.05. The lowest BCUT2D eigenvalue weighted by Gasteiger charge is -2.12. The number of hydrazine groups is 1. The molecular weight excluding hydrogens is 266 g/mol. The van der Waals surface area contributed by atoms with Crippen LogP contribution in [0.25, 0.3) is 0 Å². The number of ether oxygens (including phenoxy) is 2. The molecular formula is C13H14ClN3O2. The molecule has 6 heteroatoms. The van der Waals surface area contributed by atoms with Gasteiger partial charge in [0, 0.05) is 12.3 Å². The van der Waals surface area contributed by atoms with Crippen LogP contribution < -0.4 is 20.3 Å². The summed E-state index contributed by atoms with van der Waals surface area (Å²) in [5.41, 5.74) is 6.73. The standard InChI is InChI=1S/C13H14ClN3O2/c1-18-11-6-5-9(8-12(11)19-2)16-17-13-10(14)4-3-7-15-13/h3-8,16H,1-2H3,(H,15,17). The Morgan fingerprint density at radius 1 is 1.05 bits per heavy atom. The van der Waals surface area contributed by atoms with E-state index in [2.05, 4.69) is 15.8 Å². The minimum atomic E-state index is 0.537. The van der Waals surface area contributed by atoms with E-state index >= 15 is 0 Å². The summed E-state index contributed by atoms with van der Waals surface area (Å²) in [5.74, 6) is 1.87. The summed E-state index contributed by atoms with van der Waals surface area (Å²) in [6.07, 6.45) is 1.66.